The molecule has 0 bridgehead atoms. The Labute approximate surface area is 187 Å². The molecular weight excluding hydrogens is 428 g/mol. The van der Waals surface area contributed by atoms with Gasteiger partial charge in [-0.05, 0) is 24.3 Å². The van der Waals surface area contributed by atoms with E-state index < -0.39 is 23.5 Å². The fraction of sp³-hybridized carbons (Fsp3) is 0.130. The zero-order valence-electron chi connectivity index (χ0n) is 17.6. The van der Waals surface area contributed by atoms with Crippen LogP contribution in [0, 0.1) is 0 Å². The van der Waals surface area contributed by atoms with E-state index in [1.54, 1.807) is 36.4 Å². The van der Waals surface area contributed by atoms with Gasteiger partial charge in [0.15, 0.2) is 23.0 Å². The summed E-state index contributed by atoms with van der Waals surface area (Å²) < 4.78 is 15.9. The van der Waals surface area contributed by atoms with E-state index in [9.17, 15) is 14.7 Å². The van der Waals surface area contributed by atoms with Gasteiger partial charge in [-0.25, -0.2) is 4.98 Å². The standard InChI is InChI=1S/C23H18N4O6/c1-31-16-10-13-14(11-17(16)32-2)26-23(25-13)27-19(12-6-3-4-8-24-12)18(21(29)22(27)30)20(28)15-7-5-9-33-15/h3-11,19,29H,1-2H3,(H,25,26). The van der Waals surface area contributed by atoms with Crippen molar-refractivity contribution in [1.82, 2.24) is 15.0 Å². The van der Waals surface area contributed by atoms with Crippen LogP contribution in [-0.2, 0) is 4.79 Å². The second kappa shape index (κ2) is 7.83. The molecule has 4 aromatic rings. The quantitative estimate of drug-likeness (QED) is 0.431. The van der Waals surface area contributed by atoms with E-state index in [4.69, 9.17) is 13.9 Å². The monoisotopic (exact) mass is 446 g/mol. The van der Waals surface area contributed by atoms with Gasteiger partial charge in [0.1, 0.15) is 6.04 Å². The van der Waals surface area contributed by atoms with Gasteiger partial charge in [-0.1, -0.05) is 6.07 Å². The number of benzene rings is 1. The van der Waals surface area contributed by atoms with Crippen LogP contribution in [0.25, 0.3) is 11.0 Å². The molecule has 0 fully saturated rings. The Hall–Kier alpha value is -4.60. The predicted octanol–water partition coefficient (Wildman–Crippen LogP) is 3.35. The summed E-state index contributed by atoms with van der Waals surface area (Å²) in [5, 5.41) is 10.7. The molecule has 1 unspecified atom stereocenters. The number of methoxy groups -OCH3 is 2. The van der Waals surface area contributed by atoms with Gasteiger partial charge in [0.2, 0.25) is 11.7 Å². The van der Waals surface area contributed by atoms with Crippen LogP contribution in [0.1, 0.15) is 22.3 Å². The predicted molar refractivity (Wildman–Crippen MR) is 116 cm³/mol. The van der Waals surface area contributed by atoms with Crippen LogP contribution in [0.15, 0.2) is 70.7 Å². The highest BCUT2D eigenvalue weighted by Gasteiger charge is 2.47. The second-order valence-corrected chi connectivity index (χ2v) is 7.19. The number of hydrogen-bond donors (Lipinski definition) is 2. The number of ketones is 1. The molecule has 1 aliphatic heterocycles. The van der Waals surface area contributed by atoms with Crippen LogP contribution in [0.4, 0.5) is 5.95 Å². The van der Waals surface area contributed by atoms with Crippen LogP contribution in [0.3, 0.4) is 0 Å². The zero-order valence-corrected chi connectivity index (χ0v) is 17.6. The summed E-state index contributed by atoms with van der Waals surface area (Å²) in [6.45, 7) is 0. The van der Waals surface area contributed by atoms with Gasteiger partial charge in [0.25, 0.3) is 5.91 Å². The van der Waals surface area contributed by atoms with Crippen molar-refractivity contribution >= 4 is 28.7 Å². The molecule has 1 aromatic carbocycles. The molecule has 0 aliphatic carbocycles. The number of rotatable bonds is 6. The van der Waals surface area contributed by atoms with Gasteiger partial charge in [-0.2, -0.15) is 0 Å². The van der Waals surface area contributed by atoms with E-state index in [0.717, 1.165) is 0 Å². The molecule has 5 rings (SSSR count). The lowest BCUT2D eigenvalue weighted by molar-refractivity contribution is -0.117. The molecule has 166 valence electrons. The number of fused-ring (bicyclic) bond motifs is 1. The number of furan rings is 1. The Balaban J connectivity index is 1.67. The van der Waals surface area contributed by atoms with Crippen molar-refractivity contribution in [2.45, 2.75) is 6.04 Å². The van der Waals surface area contributed by atoms with E-state index in [-0.39, 0.29) is 17.3 Å². The first kappa shape index (κ1) is 20.3. The second-order valence-electron chi connectivity index (χ2n) is 7.19. The summed E-state index contributed by atoms with van der Waals surface area (Å²) in [6.07, 6.45) is 2.88. The first-order chi connectivity index (χ1) is 16.0. The molecule has 10 heteroatoms. The van der Waals surface area contributed by atoms with Crippen LogP contribution in [0.5, 0.6) is 11.5 Å². The number of imidazole rings is 1. The number of amides is 1. The van der Waals surface area contributed by atoms with Gasteiger partial charge in [-0.3, -0.25) is 19.5 Å². The molecule has 33 heavy (non-hydrogen) atoms. The molecule has 0 radical (unpaired) electrons. The van der Waals surface area contributed by atoms with E-state index in [1.807, 2.05) is 0 Å². The summed E-state index contributed by atoms with van der Waals surface area (Å²) in [5.74, 6) is -1.05. The van der Waals surface area contributed by atoms with Crippen LogP contribution < -0.4 is 14.4 Å². The number of anilines is 1. The molecule has 10 nitrogen and oxygen atoms in total. The number of carbonyl (C=O) groups excluding carboxylic acids is 2. The molecule has 0 saturated heterocycles. The maximum atomic E-state index is 13.2. The third-order valence-electron chi connectivity index (χ3n) is 5.37. The van der Waals surface area contributed by atoms with Gasteiger partial charge in [0, 0.05) is 18.3 Å². The van der Waals surface area contributed by atoms with Crippen molar-refractivity contribution in [3.05, 3.63) is 77.7 Å². The van der Waals surface area contributed by atoms with Crippen molar-refractivity contribution in [2.24, 2.45) is 0 Å². The summed E-state index contributed by atoms with van der Waals surface area (Å²) in [4.78, 5) is 39.5. The first-order valence-corrected chi connectivity index (χ1v) is 9.91. The Morgan fingerprint density at radius 1 is 1.15 bits per heavy atom. The molecular formula is C23H18N4O6. The first-order valence-electron chi connectivity index (χ1n) is 9.91. The van der Waals surface area contributed by atoms with E-state index >= 15 is 0 Å². The summed E-state index contributed by atoms with van der Waals surface area (Å²) in [5.41, 5.74) is 1.30. The normalized spacial score (nSPS) is 16.0. The number of nitrogens with zero attached hydrogens (tertiary/aromatic N) is 3. The molecule has 1 atom stereocenters. The molecule has 1 amide bonds. The number of ether oxygens (including phenoxy) is 2. The smallest absolute Gasteiger partial charge is 0.296 e. The molecule has 1 aliphatic rings. The Morgan fingerprint density at radius 2 is 1.94 bits per heavy atom. The number of hydrogen-bond acceptors (Lipinski definition) is 8. The number of aliphatic hydroxyl groups is 1. The topological polar surface area (TPSA) is 131 Å². The van der Waals surface area contributed by atoms with Gasteiger partial charge in [0.05, 0.1) is 42.8 Å². The maximum Gasteiger partial charge on any atom is 0.296 e. The maximum absolute atomic E-state index is 13.2. The lowest BCUT2D eigenvalue weighted by Gasteiger charge is -2.23. The minimum absolute atomic E-state index is 0.00814. The number of aromatic nitrogens is 3. The average Bonchev–Trinajstić information content (AvgIpc) is 3.57. The van der Waals surface area contributed by atoms with Gasteiger partial charge in [-0.15, -0.1) is 0 Å². The Morgan fingerprint density at radius 3 is 2.61 bits per heavy atom. The molecule has 0 spiro atoms. The molecule has 4 heterocycles. The third kappa shape index (κ3) is 3.19. The van der Waals surface area contributed by atoms with E-state index in [2.05, 4.69) is 15.0 Å². The Bertz CT molecular complexity index is 1350. The summed E-state index contributed by atoms with van der Waals surface area (Å²) in [6, 6.07) is 10.4. The minimum atomic E-state index is -1.03. The average molecular weight is 446 g/mol. The molecule has 3 aromatic heterocycles. The van der Waals surface area contributed by atoms with Gasteiger partial charge < -0.3 is 24.0 Å². The minimum Gasteiger partial charge on any atom is -0.503 e. The van der Waals surface area contributed by atoms with Crippen molar-refractivity contribution in [3.63, 3.8) is 0 Å². The highest BCUT2D eigenvalue weighted by molar-refractivity contribution is 6.19. The lowest BCUT2D eigenvalue weighted by atomic mass is 9.98. The number of carbonyl (C=O) groups is 2. The highest BCUT2D eigenvalue weighted by atomic mass is 16.5. The fourth-order valence-corrected chi connectivity index (χ4v) is 3.85. The van der Waals surface area contributed by atoms with Crippen molar-refractivity contribution in [3.8, 4) is 11.5 Å². The Kier molecular flexibility index (Phi) is 4.82. The number of Topliss-reactive ketones (excluding diaryl/α,β-unsaturated/α-hetero) is 1. The summed E-state index contributed by atoms with van der Waals surface area (Å²) >= 11 is 0. The van der Waals surface area contributed by atoms with E-state index in [1.165, 1.54) is 37.6 Å². The number of aromatic amines is 1. The van der Waals surface area contributed by atoms with Crippen LogP contribution in [0.2, 0.25) is 0 Å². The highest BCUT2D eigenvalue weighted by Crippen LogP contribution is 2.41. The van der Waals surface area contributed by atoms with Crippen molar-refractivity contribution in [1.29, 1.82) is 0 Å². The largest absolute Gasteiger partial charge is 0.503 e. The number of nitrogens with one attached hydrogen (secondary N) is 1. The lowest BCUT2D eigenvalue weighted by Crippen LogP contribution is -2.32. The van der Waals surface area contributed by atoms with E-state index in [0.29, 0.717) is 28.2 Å². The third-order valence-corrected chi connectivity index (χ3v) is 5.37. The zero-order chi connectivity index (χ0) is 23.1. The van der Waals surface area contributed by atoms with Crippen LogP contribution >= 0.6 is 0 Å². The summed E-state index contributed by atoms with van der Waals surface area (Å²) in [7, 11) is 3.02. The number of H-pyrrole nitrogens is 1. The molecule has 0 saturated carbocycles. The number of aliphatic hydroxyl groups excluding tert-OH is 1. The van der Waals surface area contributed by atoms with Crippen LogP contribution in [-0.4, -0.2) is 46.0 Å². The van der Waals surface area contributed by atoms with Crippen molar-refractivity contribution in [2.75, 3.05) is 19.1 Å². The van der Waals surface area contributed by atoms with Crippen molar-refractivity contribution < 1.29 is 28.6 Å². The molecule has 2 N–H and O–H groups in total. The fourth-order valence-electron chi connectivity index (χ4n) is 3.85. The van der Waals surface area contributed by atoms with Gasteiger partial charge >= 0.3 is 0 Å². The SMILES string of the molecule is COc1cc2nc(N3C(=O)C(O)=C(C(=O)c4ccco4)C3c3ccccn3)[nH]c2cc1OC. The number of pyridine rings is 1.